The van der Waals surface area contributed by atoms with Crippen LogP contribution in [0.15, 0.2) is 67.3 Å². The second kappa shape index (κ2) is 8.83. The maximum atomic E-state index is 12.7. The van der Waals surface area contributed by atoms with E-state index in [1.54, 1.807) is 12.5 Å². The van der Waals surface area contributed by atoms with E-state index in [-0.39, 0.29) is 5.91 Å². The van der Waals surface area contributed by atoms with Gasteiger partial charge in [0.25, 0.3) is 0 Å². The monoisotopic (exact) mass is 374 g/mol. The van der Waals surface area contributed by atoms with Crippen molar-refractivity contribution in [3.63, 3.8) is 0 Å². The number of aromatic nitrogens is 3. The lowest BCUT2D eigenvalue weighted by Crippen LogP contribution is -2.39. The van der Waals surface area contributed by atoms with Crippen LogP contribution < -0.4 is 0 Å². The summed E-state index contributed by atoms with van der Waals surface area (Å²) in [5, 5.41) is 0. The molecule has 0 N–H and O–H groups in total. The first kappa shape index (κ1) is 18.4. The van der Waals surface area contributed by atoms with Crippen LogP contribution in [0.2, 0.25) is 0 Å². The SMILES string of the molecule is O=C(CCCc1ccccc1)N1CCC[C@@H](c2cccc(-n3ccnc3)n2)C1. The van der Waals surface area contributed by atoms with Gasteiger partial charge in [-0.15, -0.1) is 0 Å². The molecule has 1 fully saturated rings. The van der Waals surface area contributed by atoms with E-state index in [0.29, 0.717) is 12.3 Å². The van der Waals surface area contributed by atoms with Crippen LogP contribution in [0.1, 0.15) is 42.9 Å². The summed E-state index contributed by atoms with van der Waals surface area (Å²) in [6, 6.07) is 16.5. The molecule has 1 aliphatic rings. The lowest BCUT2D eigenvalue weighted by Gasteiger charge is -2.32. The summed E-state index contributed by atoms with van der Waals surface area (Å²) in [5.74, 6) is 1.45. The summed E-state index contributed by atoms with van der Waals surface area (Å²) in [7, 11) is 0. The van der Waals surface area contributed by atoms with Gasteiger partial charge in [0, 0.05) is 43.5 Å². The Morgan fingerprint density at radius 3 is 2.82 bits per heavy atom. The number of hydrogen-bond acceptors (Lipinski definition) is 3. The molecule has 0 saturated carbocycles. The number of rotatable bonds is 6. The molecule has 3 aromatic rings. The molecule has 0 bridgehead atoms. The van der Waals surface area contributed by atoms with Crippen LogP contribution in [-0.4, -0.2) is 38.4 Å². The first-order chi connectivity index (χ1) is 13.8. The molecular formula is C23H26N4O. The molecule has 144 valence electrons. The fourth-order valence-corrected chi connectivity index (χ4v) is 3.90. The van der Waals surface area contributed by atoms with Crippen LogP contribution in [0.25, 0.3) is 5.82 Å². The van der Waals surface area contributed by atoms with Crippen LogP contribution in [0, 0.1) is 0 Å². The van der Waals surface area contributed by atoms with Crippen LogP contribution in [0.4, 0.5) is 0 Å². The van der Waals surface area contributed by atoms with Crippen molar-refractivity contribution >= 4 is 5.91 Å². The molecular weight excluding hydrogens is 348 g/mol. The number of benzene rings is 1. The molecule has 0 radical (unpaired) electrons. The van der Waals surface area contributed by atoms with E-state index in [0.717, 1.165) is 50.3 Å². The molecule has 1 aromatic carbocycles. The third-order valence-electron chi connectivity index (χ3n) is 5.42. The zero-order valence-corrected chi connectivity index (χ0v) is 16.1. The van der Waals surface area contributed by atoms with Crippen molar-refractivity contribution in [2.24, 2.45) is 0 Å². The standard InChI is InChI=1S/C23H26N4O/c28-23(13-4-9-19-7-2-1-3-8-19)26-15-6-10-20(17-26)21-11-5-12-22(25-21)27-16-14-24-18-27/h1-3,5,7-8,11-12,14,16,18,20H,4,6,9-10,13,15,17H2/t20-/m1/s1. The van der Waals surface area contributed by atoms with Crippen molar-refractivity contribution in [2.75, 3.05) is 13.1 Å². The molecule has 2 aromatic heterocycles. The predicted octanol–water partition coefficient (Wildman–Crippen LogP) is 4.00. The molecule has 1 amide bonds. The number of hydrogen-bond donors (Lipinski definition) is 0. The number of pyridine rings is 1. The fourth-order valence-electron chi connectivity index (χ4n) is 3.90. The summed E-state index contributed by atoms with van der Waals surface area (Å²) in [6.45, 7) is 1.63. The minimum atomic E-state index is 0.270. The summed E-state index contributed by atoms with van der Waals surface area (Å²) in [5.41, 5.74) is 2.36. The Morgan fingerprint density at radius 2 is 2.00 bits per heavy atom. The van der Waals surface area contributed by atoms with E-state index in [2.05, 4.69) is 35.3 Å². The average molecular weight is 374 g/mol. The summed E-state index contributed by atoms with van der Waals surface area (Å²) in [4.78, 5) is 23.7. The molecule has 5 nitrogen and oxygen atoms in total. The van der Waals surface area contributed by atoms with Gasteiger partial charge in [-0.2, -0.15) is 0 Å². The molecule has 3 heterocycles. The number of aryl methyl sites for hydroxylation is 1. The number of nitrogens with zero attached hydrogens (tertiary/aromatic N) is 4. The lowest BCUT2D eigenvalue weighted by atomic mass is 9.94. The maximum absolute atomic E-state index is 12.7. The first-order valence-electron chi connectivity index (χ1n) is 10.1. The minimum absolute atomic E-state index is 0.270. The van der Waals surface area contributed by atoms with Gasteiger partial charge in [0.2, 0.25) is 5.91 Å². The van der Waals surface area contributed by atoms with E-state index in [9.17, 15) is 4.79 Å². The number of amides is 1. The highest BCUT2D eigenvalue weighted by Gasteiger charge is 2.25. The van der Waals surface area contributed by atoms with Crippen molar-refractivity contribution < 1.29 is 4.79 Å². The fraction of sp³-hybridized carbons (Fsp3) is 0.348. The maximum Gasteiger partial charge on any atom is 0.222 e. The van der Waals surface area contributed by atoms with E-state index >= 15 is 0 Å². The smallest absolute Gasteiger partial charge is 0.222 e. The molecule has 0 unspecified atom stereocenters. The van der Waals surface area contributed by atoms with Crippen LogP contribution in [-0.2, 0) is 11.2 Å². The molecule has 1 aliphatic heterocycles. The number of carbonyl (C=O) groups is 1. The highest BCUT2D eigenvalue weighted by atomic mass is 16.2. The molecule has 28 heavy (non-hydrogen) atoms. The van der Waals surface area contributed by atoms with Gasteiger partial charge in [0.1, 0.15) is 12.1 Å². The van der Waals surface area contributed by atoms with Crippen molar-refractivity contribution in [3.05, 3.63) is 78.5 Å². The predicted molar refractivity (Wildman–Crippen MR) is 109 cm³/mol. The molecule has 0 aliphatic carbocycles. The Hall–Kier alpha value is -2.95. The summed E-state index contributed by atoms with van der Waals surface area (Å²) in [6.07, 6.45) is 10.00. The summed E-state index contributed by atoms with van der Waals surface area (Å²) >= 11 is 0. The average Bonchev–Trinajstić information content (AvgIpc) is 3.30. The van der Waals surface area contributed by atoms with Crippen molar-refractivity contribution in [1.29, 1.82) is 0 Å². The van der Waals surface area contributed by atoms with Gasteiger partial charge in [-0.1, -0.05) is 36.4 Å². The van der Waals surface area contributed by atoms with Gasteiger partial charge in [-0.25, -0.2) is 9.97 Å². The highest BCUT2D eigenvalue weighted by molar-refractivity contribution is 5.76. The minimum Gasteiger partial charge on any atom is -0.342 e. The first-order valence-corrected chi connectivity index (χ1v) is 10.1. The normalized spacial score (nSPS) is 16.9. The molecule has 1 atom stereocenters. The van der Waals surface area contributed by atoms with Crippen LogP contribution in [0.3, 0.4) is 0 Å². The zero-order valence-electron chi connectivity index (χ0n) is 16.1. The van der Waals surface area contributed by atoms with Gasteiger partial charge in [0.05, 0.1) is 0 Å². The Bertz CT molecular complexity index is 892. The van der Waals surface area contributed by atoms with Gasteiger partial charge in [-0.3, -0.25) is 9.36 Å². The molecule has 1 saturated heterocycles. The Labute approximate surface area is 166 Å². The molecule has 4 rings (SSSR count). The second-order valence-electron chi connectivity index (χ2n) is 7.41. The van der Waals surface area contributed by atoms with E-state index < -0.39 is 0 Å². The van der Waals surface area contributed by atoms with Gasteiger partial charge in [0.15, 0.2) is 0 Å². The number of likely N-dealkylation sites (tertiary alicyclic amines) is 1. The molecule has 5 heteroatoms. The number of carbonyl (C=O) groups excluding carboxylic acids is 1. The Kier molecular flexibility index (Phi) is 5.80. The lowest BCUT2D eigenvalue weighted by molar-refractivity contribution is -0.132. The largest absolute Gasteiger partial charge is 0.342 e. The quantitative estimate of drug-likeness (QED) is 0.655. The zero-order chi connectivity index (χ0) is 19.2. The van der Waals surface area contributed by atoms with Gasteiger partial charge < -0.3 is 4.90 Å². The summed E-state index contributed by atoms with van der Waals surface area (Å²) < 4.78 is 1.92. The number of piperidine rings is 1. The van der Waals surface area contributed by atoms with Crippen molar-refractivity contribution in [2.45, 2.75) is 38.0 Å². The van der Waals surface area contributed by atoms with Gasteiger partial charge >= 0.3 is 0 Å². The van der Waals surface area contributed by atoms with Crippen molar-refractivity contribution in [3.8, 4) is 5.82 Å². The second-order valence-corrected chi connectivity index (χ2v) is 7.41. The molecule has 0 spiro atoms. The third-order valence-corrected chi connectivity index (χ3v) is 5.42. The van der Waals surface area contributed by atoms with Crippen LogP contribution >= 0.6 is 0 Å². The Balaban J connectivity index is 1.35. The number of imidazole rings is 1. The third kappa shape index (κ3) is 4.47. The Morgan fingerprint density at radius 1 is 1.11 bits per heavy atom. The van der Waals surface area contributed by atoms with Crippen LogP contribution in [0.5, 0.6) is 0 Å². The topological polar surface area (TPSA) is 51.0 Å². The van der Waals surface area contributed by atoms with Crippen molar-refractivity contribution in [1.82, 2.24) is 19.4 Å². The van der Waals surface area contributed by atoms with E-state index in [1.807, 2.05) is 33.9 Å². The van der Waals surface area contributed by atoms with E-state index in [1.165, 1.54) is 5.56 Å². The van der Waals surface area contributed by atoms with Gasteiger partial charge in [-0.05, 0) is 43.4 Å². The van der Waals surface area contributed by atoms with E-state index in [4.69, 9.17) is 4.98 Å². The highest BCUT2D eigenvalue weighted by Crippen LogP contribution is 2.26.